The molecule has 0 fully saturated rings. The van der Waals surface area contributed by atoms with Crippen molar-refractivity contribution in [2.45, 2.75) is 13.8 Å². The fourth-order valence-corrected chi connectivity index (χ4v) is 1.80. The van der Waals surface area contributed by atoms with Crippen LogP contribution in [0.1, 0.15) is 16.9 Å². The molecule has 1 aromatic heterocycles. The maximum atomic E-state index is 11.7. The van der Waals surface area contributed by atoms with E-state index in [1.807, 2.05) is 19.9 Å². The Morgan fingerprint density at radius 2 is 1.86 bits per heavy atom. The molecule has 0 unspecified atom stereocenters. The topological polar surface area (TPSA) is 83.7 Å². The lowest BCUT2D eigenvalue weighted by Gasteiger charge is -2.06. The first-order chi connectivity index (χ1) is 10.0. The minimum atomic E-state index is -0.850. The third kappa shape index (κ3) is 4.31. The Morgan fingerprint density at radius 3 is 2.48 bits per heavy atom. The van der Waals surface area contributed by atoms with Crippen molar-refractivity contribution in [2.75, 3.05) is 5.32 Å². The molecule has 0 radical (unpaired) electrons. The van der Waals surface area contributed by atoms with Gasteiger partial charge in [0, 0.05) is 5.69 Å². The second-order valence-corrected chi connectivity index (χ2v) is 4.55. The molecule has 0 spiro atoms. The van der Waals surface area contributed by atoms with Gasteiger partial charge in [-0.05, 0) is 49.2 Å². The molecule has 6 nitrogen and oxygen atoms in total. The average Bonchev–Trinajstić information content (AvgIpc) is 2.90. The van der Waals surface area contributed by atoms with Gasteiger partial charge in [0.2, 0.25) is 0 Å². The second kappa shape index (κ2) is 6.51. The zero-order valence-electron chi connectivity index (χ0n) is 11.7. The second-order valence-electron chi connectivity index (χ2n) is 4.55. The number of benzene rings is 1. The quantitative estimate of drug-likeness (QED) is 0.514. The Bertz CT molecular complexity index is 655. The number of carbonyl (C=O) groups excluding carboxylic acids is 2. The summed E-state index contributed by atoms with van der Waals surface area (Å²) in [7, 11) is 0. The van der Waals surface area contributed by atoms with E-state index in [0.717, 1.165) is 11.1 Å². The lowest BCUT2D eigenvalue weighted by Crippen LogP contribution is -2.32. The number of hydrogen-bond donors (Lipinski definition) is 2. The van der Waals surface area contributed by atoms with E-state index in [1.54, 1.807) is 24.3 Å². The van der Waals surface area contributed by atoms with Crippen LogP contribution in [0.4, 0.5) is 5.69 Å². The fraction of sp³-hybridized carbons (Fsp3) is 0.133. The molecule has 0 aliphatic rings. The maximum Gasteiger partial charge on any atom is 0.329 e. The Hall–Kier alpha value is -2.89. The van der Waals surface area contributed by atoms with E-state index in [9.17, 15) is 9.59 Å². The van der Waals surface area contributed by atoms with Crippen LogP contribution in [0.2, 0.25) is 0 Å². The van der Waals surface area contributed by atoms with Crippen LogP contribution >= 0.6 is 0 Å². The van der Waals surface area contributed by atoms with Crippen LogP contribution in [0.3, 0.4) is 0 Å². The van der Waals surface area contributed by atoms with Crippen molar-refractivity contribution >= 4 is 23.7 Å². The predicted octanol–water partition coefficient (Wildman–Crippen LogP) is 1.99. The predicted molar refractivity (Wildman–Crippen MR) is 79.0 cm³/mol. The van der Waals surface area contributed by atoms with Gasteiger partial charge < -0.3 is 9.73 Å². The molecule has 0 bridgehead atoms. The van der Waals surface area contributed by atoms with Gasteiger partial charge in [-0.3, -0.25) is 9.59 Å². The highest BCUT2D eigenvalue weighted by Gasteiger charge is 2.13. The Morgan fingerprint density at radius 1 is 1.14 bits per heavy atom. The zero-order chi connectivity index (χ0) is 15.2. The summed E-state index contributed by atoms with van der Waals surface area (Å²) in [4.78, 5) is 23.3. The zero-order valence-corrected chi connectivity index (χ0v) is 11.7. The van der Waals surface area contributed by atoms with Crippen molar-refractivity contribution in [2.24, 2.45) is 5.10 Å². The van der Waals surface area contributed by atoms with E-state index >= 15 is 0 Å². The molecule has 0 aliphatic carbocycles. The highest BCUT2D eigenvalue weighted by atomic mass is 16.3. The standard InChI is InChI=1S/C15H15N3O3/c1-10-6-11(2)8-12(7-10)17-14(19)15(20)18-16-9-13-4-3-5-21-13/h3-9H,1-2H3,(H,17,19)(H,18,20)/b16-9+. The fourth-order valence-electron chi connectivity index (χ4n) is 1.80. The first-order valence-electron chi connectivity index (χ1n) is 6.31. The first kappa shape index (κ1) is 14.5. The monoisotopic (exact) mass is 285 g/mol. The van der Waals surface area contributed by atoms with Crippen molar-refractivity contribution in [3.05, 3.63) is 53.5 Å². The van der Waals surface area contributed by atoms with Crippen molar-refractivity contribution in [1.82, 2.24) is 5.43 Å². The van der Waals surface area contributed by atoms with E-state index in [1.165, 1.54) is 12.5 Å². The summed E-state index contributed by atoms with van der Waals surface area (Å²) in [6, 6.07) is 8.90. The van der Waals surface area contributed by atoms with E-state index in [-0.39, 0.29) is 0 Å². The first-order valence-corrected chi connectivity index (χ1v) is 6.31. The molecular weight excluding hydrogens is 270 g/mol. The smallest absolute Gasteiger partial charge is 0.329 e. The summed E-state index contributed by atoms with van der Waals surface area (Å²) in [6.45, 7) is 3.83. The van der Waals surface area contributed by atoms with Crippen LogP contribution in [-0.4, -0.2) is 18.0 Å². The van der Waals surface area contributed by atoms with E-state index in [0.29, 0.717) is 11.4 Å². The van der Waals surface area contributed by atoms with Crippen molar-refractivity contribution < 1.29 is 14.0 Å². The molecule has 1 heterocycles. The molecular formula is C15H15N3O3. The Labute approximate surface area is 121 Å². The molecule has 2 rings (SSSR count). The summed E-state index contributed by atoms with van der Waals surface area (Å²) in [5.41, 5.74) is 4.70. The lowest BCUT2D eigenvalue weighted by molar-refractivity contribution is -0.136. The molecule has 2 amide bonds. The van der Waals surface area contributed by atoms with Crippen LogP contribution in [0.25, 0.3) is 0 Å². The minimum Gasteiger partial charge on any atom is -0.463 e. The van der Waals surface area contributed by atoms with E-state index < -0.39 is 11.8 Å². The van der Waals surface area contributed by atoms with Crippen molar-refractivity contribution in [3.63, 3.8) is 0 Å². The number of anilines is 1. The van der Waals surface area contributed by atoms with Gasteiger partial charge in [0.15, 0.2) is 0 Å². The summed E-state index contributed by atoms with van der Waals surface area (Å²) >= 11 is 0. The third-order valence-corrected chi connectivity index (χ3v) is 2.59. The molecule has 21 heavy (non-hydrogen) atoms. The lowest BCUT2D eigenvalue weighted by atomic mass is 10.1. The van der Waals surface area contributed by atoms with Gasteiger partial charge >= 0.3 is 11.8 Å². The number of nitrogens with one attached hydrogen (secondary N) is 2. The van der Waals surface area contributed by atoms with Gasteiger partial charge in [0.05, 0.1) is 12.5 Å². The highest BCUT2D eigenvalue weighted by Crippen LogP contribution is 2.13. The SMILES string of the molecule is Cc1cc(C)cc(NC(=O)C(=O)N/N=C/c2ccco2)c1. The summed E-state index contributed by atoms with van der Waals surface area (Å²) in [6.07, 6.45) is 2.79. The van der Waals surface area contributed by atoms with Gasteiger partial charge in [-0.15, -0.1) is 0 Å². The molecule has 2 N–H and O–H groups in total. The van der Waals surface area contributed by atoms with Crippen molar-refractivity contribution in [1.29, 1.82) is 0 Å². The number of furan rings is 1. The maximum absolute atomic E-state index is 11.7. The number of aryl methyl sites for hydroxylation is 2. The average molecular weight is 285 g/mol. The number of hydrazone groups is 1. The minimum absolute atomic E-state index is 0.477. The molecule has 6 heteroatoms. The van der Waals surface area contributed by atoms with Crippen LogP contribution < -0.4 is 10.7 Å². The van der Waals surface area contributed by atoms with Crippen LogP contribution in [-0.2, 0) is 9.59 Å². The number of amides is 2. The number of carbonyl (C=O) groups is 2. The largest absolute Gasteiger partial charge is 0.463 e. The molecule has 0 saturated carbocycles. The van der Waals surface area contributed by atoms with Crippen LogP contribution in [0.5, 0.6) is 0 Å². The molecule has 0 aliphatic heterocycles. The molecule has 2 aromatic rings. The van der Waals surface area contributed by atoms with Gasteiger partial charge in [-0.2, -0.15) is 5.10 Å². The molecule has 0 atom stereocenters. The van der Waals surface area contributed by atoms with Crippen LogP contribution in [0.15, 0.2) is 46.1 Å². The van der Waals surface area contributed by atoms with Crippen LogP contribution in [0, 0.1) is 13.8 Å². The normalized spacial score (nSPS) is 10.6. The van der Waals surface area contributed by atoms with E-state index in [4.69, 9.17) is 4.42 Å². The van der Waals surface area contributed by atoms with Gasteiger partial charge in [0.25, 0.3) is 0 Å². The number of nitrogens with zero attached hydrogens (tertiary/aromatic N) is 1. The van der Waals surface area contributed by atoms with Gasteiger partial charge in [-0.25, -0.2) is 5.43 Å². The summed E-state index contributed by atoms with van der Waals surface area (Å²) in [5.74, 6) is -1.15. The van der Waals surface area contributed by atoms with Crippen molar-refractivity contribution in [3.8, 4) is 0 Å². The summed E-state index contributed by atoms with van der Waals surface area (Å²) < 4.78 is 5.00. The number of rotatable bonds is 3. The molecule has 108 valence electrons. The molecule has 0 saturated heterocycles. The Balaban J connectivity index is 1.92. The third-order valence-electron chi connectivity index (χ3n) is 2.59. The van der Waals surface area contributed by atoms with E-state index in [2.05, 4.69) is 15.8 Å². The van der Waals surface area contributed by atoms with Gasteiger partial charge in [-0.1, -0.05) is 6.07 Å². The Kier molecular flexibility index (Phi) is 4.50. The summed E-state index contributed by atoms with van der Waals surface area (Å²) in [5, 5.41) is 6.15. The van der Waals surface area contributed by atoms with Gasteiger partial charge in [0.1, 0.15) is 5.76 Å². The molecule has 1 aromatic carbocycles. The number of hydrogen-bond acceptors (Lipinski definition) is 4. The highest BCUT2D eigenvalue weighted by molar-refractivity contribution is 6.39.